The Bertz CT molecular complexity index is 3220. The number of carbonyl (C=O) groups is 4. The van der Waals surface area contributed by atoms with Crippen molar-refractivity contribution in [1.82, 2.24) is 29.3 Å². The van der Waals surface area contributed by atoms with Crippen molar-refractivity contribution in [1.29, 1.82) is 0 Å². The minimum atomic E-state index is -0.383. The van der Waals surface area contributed by atoms with Crippen molar-refractivity contribution >= 4 is 58.0 Å². The number of carbonyl (C=O) groups excluding carboxylic acids is 4. The zero-order valence-corrected chi connectivity index (χ0v) is 45.9. The van der Waals surface area contributed by atoms with Crippen molar-refractivity contribution in [2.45, 2.75) is 137 Å². The zero-order chi connectivity index (χ0) is 54.2. The van der Waals surface area contributed by atoms with Gasteiger partial charge in [-0.25, -0.2) is 15.0 Å². The molecule has 17 heteroatoms. The van der Waals surface area contributed by atoms with E-state index in [4.69, 9.17) is 9.72 Å². The van der Waals surface area contributed by atoms with Crippen LogP contribution in [-0.4, -0.2) is 122 Å². The molecule has 5 aromatic rings. The molecule has 4 aliphatic heterocycles. The first-order valence-electron chi connectivity index (χ1n) is 27.5. The van der Waals surface area contributed by atoms with E-state index in [-0.39, 0.29) is 65.1 Å². The van der Waals surface area contributed by atoms with Crippen molar-refractivity contribution in [3.8, 4) is 17.1 Å². The Kier molecular flexibility index (Phi) is 13.5. The third-order valence-corrected chi connectivity index (χ3v) is 17.4. The molecule has 2 saturated heterocycles. The Morgan fingerprint density at radius 3 is 2.36 bits per heavy atom. The molecule has 3 N–H and O–H groups in total. The van der Waals surface area contributed by atoms with Crippen LogP contribution in [0.4, 0.5) is 34.4 Å². The average Bonchev–Trinajstić information content (AvgIpc) is 4.03. The molecule has 6 aliphatic rings. The Balaban J connectivity index is 0.776. The fourth-order valence-electron chi connectivity index (χ4n) is 13.7. The zero-order valence-electron chi connectivity index (χ0n) is 45.9. The number of piperazine rings is 1. The lowest BCUT2D eigenvalue weighted by molar-refractivity contribution is -0.111. The van der Waals surface area contributed by atoms with Crippen LogP contribution in [0.15, 0.2) is 67.5 Å². The van der Waals surface area contributed by atoms with Crippen LogP contribution in [0.2, 0.25) is 0 Å². The van der Waals surface area contributed by atoms with Gasteiger partial charge in [-0.2, -0.15) is 0 Å². The number of ether oxygens (including phenoxy) is 1. The number of hydrogen-bond acceptors (Lipinski definition) is 13. The monoisotopic (exact) mass is 1040 g/mol. The summed E-state index contributed by atoms with van der Waals surface area (Å²) < 4.78 is 7.85. The second kappa shape index (κ2) is 20.0. The second-order valence-electron chi connectivity index (χ2n) is 23.9. The first-order chi connectivity index (χ1) is 36.8. The van der Waals surface area contributed by atoms with Crippen molar-refractivity contribution in [2.24, 2.45) is 10.8 Å². The summed E-state index contributed by atoms with van der Waals surface area (Å²) >= 11 is 0. The number of nitrogens with zero attached hydrogens (tertiary/aromatic N) is 9. The number of aliphatic hydroxyl groups excluding tert-OH is 1. The van der Waals surface area contributed by atoms with Gasteiger partial charge in [0.05, 0.1) is 48.1 Å². The molecule has 77 heavy (non-hydrogen) atoms. The fraction of sp³-hybridized carbons (Fsp3) is 0.483. The quantitative estimate of drug-likeness (QED) is 0.0797. The molecular formula is C60H73N11O6. The first kappa shape index (κ1) is 52.0. The molecule has 1 saturated carbocycles. The molecule has 0 radical (unpaired) electrons. The minimum absolute atomic E-state index is 0.0579. The lowest BCUT2D eigenvalue weighted by atomic mass is 9.74. The van der Waals surface area contributed by atoms with Gasteiger partial charge in [0.25, 0.3) is 23.6 Å². The number of methoxy groups -OCH3 is 1. The van der Waals surface area contributed by atoms with E-state index in [2.05, 4.69) is 94.9 Å². The maximum Gasteiger partial charge on any atom is 0.276 e. The summed E-state index contributed by atoms with van der Waals surface area (Å²) in [6, 6.07) is 14.2. The highest BCUT2D eigenvalue weighted by Gasteiger charge is 2.45. The lowest BCUT2D eigenvalue weighted by Gasteiger charge is -2.48. The van der Waals surface area contributed by atoms with Gasteiger partial charge in [-0.05, 0) is 136 Å². The van der Waals surface area contributed by atoms with Gasteiger partial charge >= 0.3 is 0 Å². The molecule has 3 aromatic heterocycles. The number of aromatic nitrogens is 4. The van der Waals surface area contributed by atoms with Crippen LogP contribution in [0.1, 0.15) is 134 Å². The Morgan fingerprint density at radius 1 is 0.857 bits per heavy atom. The molecular weight excluding hydrogens is 971 g/mol. The van der Waals surface area contributed by atoms with E-state index in [1.54, 1.807) is 28.3 Å². The molecule has 7 heterocycles. The second-order valence-corrected chi connectivity index (χ2v) is 23.9. The van der Waals surface area contributed by atoms with Gasteiger partial charge in [0.1, 0.15) is 11.5 Å². The van der Waals surface area contributed by atoms with E-state index in [1.165, 1.54) is 24.4 Å². The van der Waals surface area contributed by atoms with Crippen LogP contribution in [-0.2, 0) is 30.8 Å². The molecule has 0 bridgehead atoms. The Hall–Kier alpha value is -7.11. The van der Waals surface area contributed by atoms with Crippen molar-refractivity contribution < 1.29 is 29.0 Å². The number of amides is 4. The summed E-state index contributed by atoms with van der Waals surface area (Å²) in [5.41, 5.74) is 10.1. The molecule has 11 rings (SSSR count). The summed E-state index contributed by atoms with van der Waals surface area (Å²) in [5.74, 6) is 0.156. The van der Waals surface area contributed by atoms with Gasteiger partial charge in [0.15, 0.2) is 5.82 Å². The van der Waals surface area contributed by atoms with Crippen LogP contribution in [0.3, 0.4) is 0 Å². The summed E-state index contributed by atoms with van der Waals surface area (Å²) in [6.45, 7) is 23.2. The van der Waals surface area contributed by atoms with Gasteiger partial charge in [-0.1, -0.05) is 40.7 Å². The molecule has 2 aromatic carbocycles. The predicted molar refractivity (Wildman–Crippen MR) is 300 cm³/mol. The number of imide groups is 1. The van der Waals surface area contributed by atoms with E-state index in [0.29, 0.717) is 75.8 Å². The standard InChI is InChI=1S/C60H73N11O6/c1-10-52(73)64-46-27-39(63-53-55(77-9)62-32-47(65-53)42-15-18-61-54(45(42)34-72)70-23-22-69-50(58(70)76)26-38-29-60(7,8)31-51(38)69)13-14-48(46)68-21-20-66(33-37(68)4)40-16-19-67(36(3)25-40)49-28-44-43(24-35(49)2)56(74)71(57(44)75)41-12-11-17-59(5,6)30-41/h10,13-15,18,24,26-28,32,36-37,40-41,72H,1,11-12,16-17,19-23,25,29-31,33-34H2,2-9H3,(H,63,65)(H,64,73)/t36-,37+,40?,41?/m1/s1. The minimum Gasteiger partial charge on any atom is -0.478 e. The normalized spacial score (nSPS) is 22.9. The van der Waals surface area contributed by atoms with Crippen LogP contribution in [0.5, 0.6) is 5.88 Å². The van der Waals surface area contributed by atoms with E-state index >= 15 is 0 Å². The van der Waals surface area contributed by atoms with E-state index in [9.17, 15) is 24.3 Å². The van der Waals surface area contributed by atoms with Gasteiger partial charge in [-0.15, -0.1) is 0 Å². The predicted octanol–water partition coefficient (Wildman–Crippen LogP) is 8.94. The molecule has 4 atom stereocenters. The molecule has 404 valence electrons. The number of aliphatic hydroxyl groups is 1. The molecule has 2 unspecified atom stereocenters. The highest BCUT2D eigenvalue weighted by Crippen LogP contribution is 2.44. The number of fused-ring (bicyclic) bond motifs is 4. The third kappa shape index (κ3) is 9.52. The smallest absolute Gasteiger partial charge is 0.276 e. The number of piperidine rings is 1. The summed E-state index contributed by atoms with van der Waals surface area (Å²) in [6.07, 6.45) is 12.1. The summed E-state index contributed by atoms with van der Waals surface area (Å²) in [7, 11) is 1.52. The van der Waals surface area contributed by atoms with Gasteiger partial charge in [0, 0.05) is 97.8 Å². The number of nitrogens with one attached hydrogen (secondary N) is 2. The van der Waals surface area contributed by atoms with Crippen LogP contribution in [0, 0.1) is 17.8 Å². The van der Waals surface area contributed by atoms with Crippen molar-refractivity contribution in [3.63, 3.8) is 0 Å². The topological polar surface area (TPSA) is 182 Å². The van der Waals surface area contributed by atoms with Crippen LogP contribution >= 0.6 is 0 Å². The molecule has 4 amide bonds. The summed E-state index contributed by atoms with van der Waals surface area (Å²) in [4.78, 5) is 79.7. The third-order valence-electron chi connectivity index (χ3n) is 17.4. The number of hydrogen-bond donors (Lipinski definition) is 3. The molecule has 2 aliphatic carbocycles. The molecule has 3 fully saturated rings. The van der Waals surface area contributed by atoms with Crippen LogP contribution in [0.25, 0.3) is 11.3 Å². The molecule has 0 spiro atoms. The molecule has 17 nitrogen and oxygen atoms in total. The van der Waals surface area contributed by atoms with Crippen LogP contribution < -0.4 is 30.1 Å². The van der Waals surface area contributed by atoms with E-state index < -0.39 is 0 Å². The van der Waals surface area contributed by atoms with Crippen molar-refractivity contribution in [2.75, 3.05) is 65.2 Å². The van der Waals surface area contributed by atoms with Gasteiger partial charge in [-0.3, -0.25) is 33.9 Å². The highest BCUT2D eigenvalue weighted by molar-refractivity contribution is 6.22. The maximum atomic E-state index is 14.1. The SMILES string of the molecule is C=CC(=O)Nc1cc(Nc2nc(-c3ccnc(N4CCn5c(cc6c5CC(C)(C)C6)C4=O)c3CO)cnc2OC)ccc1N1CCN(C2CCN(c3cc4c(cc3C)C(=O)N(C3CCCC(C)(C)C3)C4=O)[C@H](C)C2)C[C@@H]1C. The van der Waals surface area contributed by atoms with E-state index in [1.807, 2.05) is 36.4 Å². The number of benzene rings is 2. The summed E-state index contributed by atoms with van der Waals surface area (Å²) in [5, 5.41) is 17.3. The van der Waals surface area contributed by atoms with Crippen molar-refractivity contribution in [3.05, 3.63) is 107 Å². The number of pyridine rings is 1. The maximum absolute atomic E-state index is 14.1. The Labute approximate surface area is 451 Å². The lowest BCUT2D eigenvalue weighted by Crippen LogP contribution is -2.58. The highest BCUT2D eigenvalue weighted by atomic mass is 16.5. The number of aryl methyl sites for hydroxylation is 1. The number of anilines is 6. The number of rotatable bonds is 12. The fourth-order valence-corrected chi connectivity index (χ4v) is 13.7. The average molecular weight is 1040 g/mol. The van der Waals surface area contributed by atoms with Gasteiger partial charge < -0.3 is 34.8 Å². The first-order valence-corrected chi connectivity index (χ1v) is 27.5. The Morgan fingerprint density at radius 2 is 1.64 bits per heavy atom. The largest absolute Gasteiger partial charge is 0.478 e. The van der Waals surface area contributed by atoms with E-state index in [0.717, 1.165) is 94.5 Å². The van der Waals surface area contributed by atoms with Gasteiger partial charge in [0.2, 0.25) is 5.91 Å².